The van der Waals surface area contributed by atoms with Gasteiger partial charge in [0.15, 0.2) is 0 Å². The van der Waals surface area contributed by atoms with Crippen LogP contribution in [0.1, 0.15) is 32.8 Å². The minimum Gasteiger partial charge on any atom is -0.354 e. The first-order valence-corrected chi connectivity index (χ1v) is 13.6. The molecule has 0 unspecified atom stereocenters. The summed E-state index contributed by atoms with van der Waals surface area (Å²) in [5.41, 5.74) is 1.04. The Hall–Kier alpha value is -2.29. The summed E-state index contributed by atoms with van der Waals surface area (Å²) < 4.78 is 26.1. The predicted octanol–water partition coefficient (Wildman–Crippen LogP) is 4.34. The number of halogens is 2. The van der Waals surface area contributed by atoms with Gasteiger partial charge in [-0.25, -0.2) is 8.42 Å². The van der Waals surface area contributed by atoms with Gasteiger partial charge in [0.1, 0.15) is 12.6 Å². The van der Waals surface area contributed by atoms with Gasteiger partial charge in [0, 0.05) is 23.1 Å². The monoisotopic (exact) mass is 527 g/mol. The normalized spacial score (nSPS) is 12.3. The Morgan fingerprint density at radius 3 is 2.21 bits per heavy atom. The van der Waals surface area contributed by atoms with E-state index in [1.54, 1.807) is 42.5 Å². The number of amides is 2. The van der Waals surface area contributed by atoms with Crippen molar-refractivity contribution in [1.82, 2.24) is 10.2 Å². The first-order chi connectivity index (χ1) is 15.9. The van der Waals surface area contributed by atoms with Gasteiger partial charge in [-0.1, -0.05) is 62.2 Å². The number of carbonyl (C=O) groups excluding carboxylic acids is 2. The molecule has 0 saturated carbocycles. The van der Waals surface area contributed by atoms with Crippen molar-refractivity contribution in [2.45, 2.75) is 39.8 Å². The van der Waals surface area contributed by atoms with Gasteiger partial charge >= 0.3 is 0 Å². The molecular formula is C24H31Cl2N3O4S. The highest BCUT2D eigenvalue weighted by Gasteiger charge is 2.31. The molecule has 0 spiro atoms. The Kier molecular flexibility index (Phi) is 10.2. The van der Waals surface area contributed by atoms with E-state index >= 15 is 0 Å². The summed E-state index contributed by atoms with van der Waals surface area (Å²) >= 11 is 12.0. The van der Waals surface area contributed by atoms with Crippen molar-refractivity contribution in [1.29, 1.82) is 0 Å². The first kappa shape index (κ1) is 28.0. The van der Waals surface area contributed by atoms with E-state index in [4.69, 9.17) is 23.2 Å². The van der Waals surface area contributed by atoms with Gasteiger partial charge in [-0.2, -0.15) is 0 Å². The molecule has 0 fully saturated rings. The molecule has 1 N–H and O–H groups in total. The molecule has 10 heteroatoms. The molecule has 2 aromatic carbocycles. The average molecular weight is 529 g/mol. The van der Waals surface area contributed by atoms with Gasteiger partial charge in [-0.15, -0.1) is 0 Å². The number of nitrogens with zero attached hydrogens (tertiary/aromatic N) is 2. The highest BCUT2D eigenvalue weighted by atomic mass is 35.5. The summed E-state index contributed by atoms with van der Waals surface area (Å²) in [4.78, 5) is 28.0. The predicted molar refractivity (Wildman–Crippen MR) is 138 cm³/mol. The molecule has 1 atom stereocenters. The van der Waals surface area contributed by atoms with Crippen molar-refractivity contribution in [2.75, 3.05) is 23.7 Å². The van der Waals surface area contributed by atoms with E-state index in [1.807, 2.05) is 20.8 Å². The lowest BCUT2D eigenvalue weighted by atomic mass is 10.1. The topological polar surface area (TPSA) is 86.8 Å². The van der Waals surface area contributed by atoms with Crippen LogP contribution in [0, 0.1) is 5.92 Å². The smallest absolute Gasteiger partial charge is 0.244 e. The molecule has 0 aromatic heterocycles. The molecular weight excluding hydrogens is 497 g/mol. The summed E-state index contributed by atoms with van der Waals surface area (Å²) in [5.74, 6) is -0.551. The van der Waals surface area contributed by atoms with Crippen molar-refractivity contribution in [3.63, 3.8) is 0 Å². The molecule has 2 amide bonds. The Morgan fingerprint density at radius 2 is 1.68 bits per heavy atom. The van der Waals surface area contributed by atoms with E-state index in [-0.39, 0.29) is 24.1 Å². The molecule has 0 radical (unpaired) electrons. The molecule has 0 aliphatic heterocycles. The minimum absolute atomic E-state index is 0.122. The molecule has 186 valence electrons. The molecule has 34 heavy (non-hydrogen) atoms. The number of rotatable bonds is 11. The zero-order chi connectivity index (χ0) is 25.5. The van der Waals surface area contributed by atoms with Crippen LogP contribution in [0.4, 0.5) is 5.69 Å². The van der Waals surface area contributed by atoms with Gasteiger partial charge in [-0.3, -0.25) is 13.9 Å². The second kappa shape index (κ2) is 12.4. The Bertz CT molecular complexity index is 1090. The summed E-state index contributed by atoms with van der Waals surface area (Å²) in [6, 6.07) is 12.4. The SMILES string of the molecule is CC[C@H](C(=O)NCC(C)C)N(Cc1ccc(Cl)cc1)C(=O)CN(c1cccc(Cl)c1)S(C)(=O)=O. The van der Waals surface area contributed by atoms with Gasteiger partial charge in [0.25, 0.3) is 0 Å². The van der Waals surface area contributed by atoms with Crippen molar-refractivity contribution >= 4 is 50.7 Å². The van der Waals surface area contributed by atoms with E-state index in [9.17, 15) is 18.0 Å². The molecule has 2 rings (SSSR count). The number of benzene rings is 2. The summed E-state index contributed by atoms with van der Waals surface area (Å²) in [6.45, 7) is 5.89. The average Bonchev–Trinajstić information content (AvgIpc) is 2.76. The van der Waals surface area contributed by atoms with Crippen molar-refractivity contribution in [3.8, 4) is 0 Å². The number of nitrogens with one attached hydrogen (secondary N) is 1. The maximum Gasteiger partial charge on any atom is 0.244 e. The van der Waals surface area contributed by atoms with Crippen LogP contribution in [0.5, 0.6) is 0 Å². The maximum absolute atomic E-state index is 13.6. The van der Waals surface area contributed by atoms with Crippen LogP contribution in [0.3, 0.4) is 0 Å². The van der Waals surface area contributed by atoms with Crippen LogP contribution in [0.15, 0.2) is 48.5 Å². The third kappa shape index (κ3) is 8.18. The lowest BCUT2D eigenvalue weighted by molar-refractivity contribution is -0.140. The van der Waals surface area contributed by atoms with E-state index in [0.717, 1.165) is 16.1 Å². The second-order valence-electron chi connectivity index (χ2n) is 8.46. The minimum atomic E-state index is -3.81. The number of hydrogen-bond donors (Lipinski definition) is 1. The quantitative estimate of drug-likeness (QED) is 0.470. The zero-order valence-corrected chi connectivity index (χ0v) is 22.1. The van der Waals surface area contributed by atoms with Crippen LogP contribution in [-0.2, 0) is 26.2 Å². The fourth-order valence-corrected chi connectivity index (χ4v) is 4.53. The van der Waals surface area contributed by atoms with E-state index in [2.05, 4.69) is 5.32 Å². The second-order valence-corrected chi connectivity index (χ2v) is 11.2. The van der Waals surface area contributed by atoms with Crippen molar-refractivity contribution in [2.24, 2.45) is 5.92 Å². The van der Waals surface area contributed by atoms with E-state index in [1.165, 1.54) is 11.0 Å². The third-order valence-corrected chi connectivity index (χ3v) is 6.74. The summed E-state index contributed by atoms with van der Waals surface area (Å²) in [5, 5.41) is 3.78. The van der Waals surface area contributed by atoms with Crippen LogP contribution in [0.25, 0.3) is 0 Å². The highest BCUT2D eigenvalue weighted by Crippen LogP contribution is 2.23. The van der Waals surface area contributed by atoms with Crippen LogP contribution in [0.2, 0.25) is 10.0 Å². The molecule has 0 saturated heterocycles. The maximum atomic E-state index is 13.6. The van der Waals surface area contributed by atoms with Crippen molar-refractivity contribution in [3.05, 3.63) is 64.1 Å². The lowest BCUT2D eigenvalue weighted by Gasteiger charge is -2.33. The van der Waals surface area contributed by atoms with Crippen LogP contribution in [-0.4, -0.2) is 50.5 Å². The Labute approximate surface area is 212 Å². The van der Waals surface area contributed by atoms with Gasteiger partial charge in [0.2, 0.25) is 21.8 Å². The van der Waals surface area contributed by atoms with Crippen LogP contribution >= 0.6 is 23.2 Å². The molecule has 2 aromatic rings. The molecule has 0 heterocycles. The summed E-state index contributed by atoms with van der Waals surface area (Å²) in [6.07, 6.45) is 1.39. The number of hydrogen-bond acceptors (Lipinski definition) is 4. The fraction of sp³-hybridized carbons (Fsp3) is 0.417. The fourth-order valence-electron chi connectivity index (χ4n) is 3.37. The zero-order valence-electron chi connectivity index (χ0n) is 19.8. The van der Waals surface area contributed by atoms with E-state index < -0.39 is 28.5 Å². The number of sulfonamides is 1. The van der Waals surface area contributed by atoms with Gasteiger partial charge in [-0.05, 0) is 48.2 Å². The molecule has 0 aliphatic carbocycles. The Balaban J connectivity index is 2.41. The molecule has 0 aliphatic rings. The standard InChI is InChI=1S/C24H31Cl2N3O4S/c1-5-22(24(31)27-14-17(2)3)28(15-18-9-11-19(25)12-10-18)23(30)16-29(34(4,32)33)21-8-6-7-20(26)13-21/h6-13,17,22H,5,14-16H2,1-4H3,(H,27,31)/t22-/m1/s1. The highest BCUT2D eigenvalue weighted by molar-refractivity contribution is 7.92. The van der Waals surface area contributed by atoms with Crippen LogP contribution < -0.4 is 9.62 Å². The van der Waals surface area contributed by atoms with Gasteiger partial charge < -0.3 is 10.2 Å². The summed E-state index contributed by atoms with van der Waals surface area (Å²) in [7, 11) is -3.81. The van der Waals surface area contributed by atoms with Gasteiger partial charge in [0.05, 0.1) is 11.9 Å². The number of anilines is 1. The Morgan fingerprint density at radius 1 is 1.03 bits per heavy atom. The van der Waals surface area contributed by atoms with Crippen molar-refractivity contribution < 1.29 is 18.0 Å². The lowest BCUT2D eigenvalue weighted by Crippen LogP contribution is -2.52. The molecule has 7 nitrogen and oxygen atoms in total. The number of carbonyl (C=O) groups is 2. The first-order valence-electron chi connectivity index (χ1n) is 11.0. The van der Waals surface area contributed by atoms with E-state index in [0.29, 0.717) is 23.0 Å². The third-order valence-electron chi connectivity index (χ3n) is 5.11. The molecule has 0 bridgehead atoms. The largest absolute Gasteiger partial charge is 0.354 e.